The molecule has 0 aromatic rings. The molecular weight excluding hydrogens is 721 g/mol. The molecule has 6 heteroatoms. The summed E-state index contributed by atoms with van der Waals surface area (Å²) in [5.41, 5.74) is 0. The predicted octanol–water partition coefficient (Wildman–Crippen LogP) is 16.7. The fourth-order valence-corrected chi connectivity index (χ4v) is 7.83. The number of hydrogen-bond acceptors (Lipinski definition) is 6. The van der Waals surface area contributed by atoms with Crippen LogP contribution in [0.25, 0.3) is 0 Å². The van der Waals surface area contributed by atoms with Crippen LogP contribution < -0.4 is 0 Å². The van der Waals surface area contributed by atoms with Crippen molar-refractivity contribution in [2.45, 2.75) is 297 Å². The van der Waals surface area contributed by atoms with Gasteiger partial charge in [-0.3, -0.25) is 14.4 Å². The monoisotopic (exact) mass is 821 g/mol. The van der Waals surface area contributed by atoms with Crippen molar-refractivity contribution in [2.24, 2.45) is 5.92 Å². The van der Waals surface area contributed by atoms with Gasteiger partial charge in [0.15, 0.2) is 6.10 Å². The molecule has 0 fully saturated rings. The lowest BCUT2D eigenvalue weighted by atomic mass is 9.99. The largest absolute Gasteiger partial charge is 0.462 e. The molecule has 0 heterocycles. The van der Waals surface area contributed by atoms with Gasteiger partial charge in [-0.1, -0.05) is 252 Å². The first-order valence-corrected chi connectivity index (χ1v) is 25.9. The summed E-state index contributed by atoms with van der Waals surface area (Å²) in [5, 5.41) is 0. The Labute approximate surface area is 361 Å². The molecule has 0 radical (unpaired) electrons. The highest BCUT2D eigenvalue weighted by Gasteiger charge is 2.19. The van der Waals surface area contributed by atoms with Crippen molar-refractivity contribution in [2.75, 3.05) is 13.2 Å². The van der Waals surface area contributed by atoms with Gasteiger partial charge < -0.3 is 14.2 Å². The number of unbranched alkanes of at least 4 members (excludes halogenated alkanes) is 33. The highest BCUT2D eigenvalue weighted by molar-refractivity contribution is 5.71. The Kier molecular flexibility index (Phi) is 45.2. The quantitative estimate of drug-likeness (QED) is 0.0346. The van der Waals surface area contributed by atoms with E-state index in [1.165, 1.54) is 186 Å². The van der Waals surface area contributed by atoms with E-state index in [2.05, 4.69) is 27.7 Å². The molecule has 0 aliphatic carbocycles. The summed E-state index contributed by atoms with van der Waals surface area (Å²) >= 11 is 0. The smallest absolute Gasteiger partial charge is 0.306 e. The zero-order valence-corrected chi connectivity index (χ0v) is 39.5. The van der Waals surface area contributed by atoms with Gasteiger partial charge in [0, 0.05) is 19.3 Å². The zero-order valence-electron chi connectivity index (χ0n) is 39.5. The number of carbonyl (C=O) groups is 3. The maximum Gasteiger partial charge on any atom is 0.306 e. The van der Waals surface area contributed by atoms with Crippen LogP contribution in [0.1, 0.15) is 291 Å². The Hall–Kier alpha value is -1.59. The van der Waals surface area contributed by atoms with Gasteiger partial charge in [0.2, 0.25) is 0 Å². The highest BCUT2D eigenvalue weighted by Crippen LogP contribution is 2.17. The van der Waals surface area contributed by atoms with Crippen LogP contribution in [0.3, 0.4) is 0 Å². The third-order valence-corrected chi connectivity index (χ3v) is 12.2. The van der Waals surface area contributed by atoms with Crippen LogP contribution in [0.15, 0.2) is 0 Å². The lowest BCUT2D eigenvalue weighted by Gasteiger charge is -2.18. The molecule has 0 rings (SSSR count). The molecule has 2 atom stereocenters. The number of carbonyl (C=O) groups excluding carboxylic acids is 3. The maximum absolute atomic E-state index is 12.8. The SMILES string of the molecule is CCCCCCCCCCCCCCCCC(=O)OC[C@H](COC(=O)CCCCCCCCCCCCCC)OC(=O)CCCCCCCCCCCCC(C)CC. The fraction of sp³-hybridized carbons (Fsp3) is 0.942. The molecule has 0 aromatic carbocycles. The molecule has 6 nitrogen and oxygen atoms in total. The average molecular weight is 821 g/mol. The standard InChI is InChI=1S/C52H100O6/c1-5-8-10-12-14-16-18-20-21-23-28-32-36-40-44-51(54)57-47-49(46-56-50(53)43-39-35-31-27-22-19-17-15-13-11-9-6-2)58-52(55)45-41-37-33-29-25-24-26-30-34-38-42-48(4)7-3/h48-49H,5-47H2,1-4H3/t48?,49-/m0/s1. The summed E-state index contributed by atoms with van der Waals surface area (Å²) in [6.45, 7) is 9.05. The Bertz CT molecular complexity index is 874. The minimum absolute atomic E-state index is 0.0628. The summed E-state index contributed by atoms with van der Waals surface area (Å²) in [4.78, 5) is 37.9. The van der Waals surface area contributed by atoms with Crippen molar-refractivity contribution < 1.29 is 28.6 Å². The topological polar surface area (TPSA) is 78.9 Å². The van der Waals surface area contributed by atoms with Crippen LogP contribution in [0.2, 0.25) is 0 Å². The van der Waals surface area contributed by atoms with Crippen molar-refractivity contribution in [1.82, 2.24) is 0 Å². The van der Waals surface area contributed by atoms with E-state index >= 15 is 0 Å². The number of esters is 3. The normalized spacial score (nSPS) is 12.4. The van der Waals surface area contributed by atoms with Crippen molar-refractivity contribution in [3.05, 3.63) is 0 Å². The second kappa shape index (κ2) is 46.5. The van der Waals surface area contributed by atoms with Crippen LogP contribution >= 0.6 is 0 Å². The van der Waals surface area contributed by atoms with Gasteiger partial charge in [-0.15, -0.1) is 0 Å². The molecule has 0 N–H and O–H groups in total. The summed E-state index contributed by atoms with van der Waals surface area (Å²) in [6.07, 6.45) is 47.9. The van der Waals surface area contributed by atoms with Gasteiger partial charge in [-0.2, -0.15) is 0 Å². The Morgan fingerprint density at radius 3 is 0.897 bits per heavy atom. The Morgan fingerprint density at radius 1 is 0.345 bits per heavy atom. The van der Waals surface area contributed by atoms with Gasteiger partial charge in [0.25, 0.3) is 0 Å². The van der Waals surface area contributed by atoms with Crippen molar-refractivity contribution in [1.29, 1.82) is 0 Å². The third kappa shape index (κ3) is 44.0. The second-order valence-electron chi connectivity index (χ2n) is 18.1. The maximum atomic E-state index is 12.8. The molecule has 344 valence electrons. The van der Waals surface area contributed by atoms with E-state index in [4.69, 9.17) is 14.2 Å². The molecule has 0 aliphatic heterocycles. The van der Waals surface area contributed by atoms with E-state index in [0.717, 1.165) is 63.7 Å². The highest BCUT2D eigenvalue weighted by atomic mass is 16.6. The van der Waals surface area contributed by atoms with E-state index in [-0.39, 0.29) is 31.1 Å². The molecule has 58 heavy (non-hydrogen) atoms. The predicted molar refractivity (Wildman–Crippen MR) is 247 cm³/mol. The number of rotatable bonds is 47. The van der Waals surface area contributed by atoms with E-state index in [0.29, 0.717) is 19.3 Å². The van der Waals surface area contributed by atoms with Crippen LogP contribution in [-0.2, 0) is 28.6 Å². The summed E-state index contributed by atoms with van der Waals surface area (Å²) < 4.78 is 16.8. The van der Waals surface area contributed by atoms with E-state index < -0.39 is 6.10 Å². The van der Waals surface area contributed by atoms with Crippen molar-refractivity contribution >= 4 is 17.9 Å². The second-order valence-corrected chi connectivity index (χ2v) is 18.1. The molecule has 0 saturated carbocycles. The first-order valence-electron chi connectivity index (χ1n) is 25.9. The van der Waals surface area contributed by atoms with Crippen molar-refractivity contribution in [3.8, 4) is 0 Å². The Balaban J connectivity index is 4.32. The lowest BCUT2D eigenvalue weighted by Crippen LogP contribution is -2.30. The number of hydrogen-bond donors (Lipinski definition) is 0. The molecular formula is C52H100O6. The average Bonchev–Trinajstić information content (AvgIpc) is 3.22. The van der Waals surface area contributed by atoms with Crippen LogP contribution in [-0.4, -0.2) is 37.2 Å². The molecule has 0 aliphatic rings. The van der Waals surface area contributed by atoms with Gasteiger partial charge in [0.1, 0.15) is 13.2 Å². The van der Waals surface area contributed by atoms with Gasteiger partial charge >= 0.3 is 17.9 Å². The molecule has 1 unspecified atom stereocenters. The van der Waals surface area contributed by atoms with Gasteiger partial charge in [-0.25, -0.2) is 0 Å². The van der Waals surface area contributed by atoms with Gasteiger partial charge in [0.05, 0.1) is 0 Å². The minimum Gasteiger partial charge on any atom is -0.462 e. The first-order chi connectivity index (χ1) is 28.4. The van der Waals surface area contributed by atoms with Gasteiger partial charge in [-0.05, 0) is 25.2 Å². The van der Waals surface area contributed by atoms with Crippen LogP contribution in [0, 0.1) is 5.92 Å². The summed E-state index contributed by atoms with van der Waals surface area (Å²) in [7, 11) is 0. The van der Waals surface area contributed by atoms with E-state index in [1.807, 2.05) is 0 Å². The summed E-state index contributed by atoms with van der Waals surface area (Å²) in [5.74, 6) is 0.0230. The number of ether oxygens (including phenoxy) is 3. The molecule has 0 spiro atoms. The molecule has 0 aromatic heterocycles. The zero-order chi connectivity index (χ0) is 42.4. The summed E-state index contributed by atoms with van der Waals surface area (Å²) in [6, 6.07) is 0. The lowest BCUT2D eigenvalue weighted by molar-refractivity contribution is -0.167. The first kappa shape index (κ1) is 56.4. The van der Waals surface area contributed by atoms with Crippen LogP contribution in [0.5, 0.6) is 0 Å². The van der Waals surface area contributed by atoms with E-state index in [9.17, 15) is 14.4 Å². The third-order valence-electron chi connectivity index (χ3n) is 12.2. The molecule has 0 amide bonds. The minimum atomic E-state index is -0.760. The Morgan fingerprint density at radius 2 is 0.603 bits per heavy atom. The molecule has 0 bridgehead atoms. The van der Waals surface area contributed by atoms with Crippen molar-refractivity contribution in [3.63, 3.8) is 0 Å². The van der Waals surface area contributed by atoms with Crippen LogP contribution in [0.4, 0.5) is 0 Å². The van der Waals surface area contributed by atoms with E-state index in [1.54, 1.807) is 0 Å². The molecule has 0 saturated heterocycles. The fourth-order valence-electron chi connectivity index (χ4n) is 7.83.